The Balaban J connectivity index is 1.26. The molecule has 0 bridgehead atoms. The van der Waals surface area contributed by atoms with Crippen molar-refractivity contribution in [3.63, 3.8) is 0 Å². The van der Waals surface area contributed by atoms with Crippen LogP contribution in [0.2, 0.25) is 0 Å². The average molecular weight is 1370 g/mol. The zero-order valence-electron chi connectivity index (χ0n) is 56.9. The minimum atomic E-state index is -1.21. The predicted octanol–water partition coefficient (Wildman–Crippen LogP) is 2.16. The highest BCUT2D eigenvalue weighted by Crippen LogP contribution is 2.35. The SMILES string of the molecule is CC1C(OCCCC(=O)NCCCCCCNC(=O)OCCCC(C)(CCCOC(=O)NCCCCCCNC(=O)CCCOC2OC(CO)C(O)C(O)C2C)CCCOC(=O)NCCCCCCNC(=O)CCCOC2OC(CO)C(O)C(O)C2C)OC(CO)C(O)C1O. The highest BCUT2D eigenvalue weighted by Gasteiger charge is 2.45. The molecule has 0 spiro atoms. The molecule has 0 radical (unpaired) electrons. The van der Waals surface area contributed by atoms with Gasteiger partial charge in [-0.1, -0.05) is 66.2 Å². The maximum atomic E-state index is 12.6. The monoisotopic (exact) mass is 1370 g/mol. The highest BCUT2D eigenvalue weighted by atomic mass is 16.7. The molecule has 0 aromatic heterocycles. The number of alkyl carbamates (subject to hydrolysis) is 3. The van der Waals surface area contributed by atoms with Crippen molar-refractivity contribution in [2.75, 3.05) is 98.7 Å². The number of aliphatic hydroxyl groups excluding tert-OH is 9. The summed E-state index contributed by atoms with van der Waals surface area (Å²) < 4.78 is 50.2. The molecule has 95 heavy (non-hydrogen) atoms. The van der Waals surface area contributed by atoms with Gasteiger partial charge >= 0.3 is 18.3 Å². The standard InChI is InChI=1S/C65H120N6O24/c1-44-53(78)56(81)47(41-72)93-59(44)87-35-17-23-50(75)66-29-11-5-8-14-32-69-62(84)90-38-20-26-65(4,27-21-39-91-63(85)70-33-15-9-6-12-30-67-51(76)24-18-36-88-60-45(2)54(79)57(82)48(42-73)94-60)28-22-40-92-64(86)71-34-16-10-7-13-31-68-52(77)25-19-37-89-61-46(3)55(80)58(83)49(43-74)95-61/h44-49,53-61,72-74,78-83H,5-43H2,1-4H3,(H,66,75)(H,67,76)(H,68,77)(H,69,84)(H,70,85)(H,71,86). The fourth-order valence-electron chi connectivity index (χ4n) is 11.4. The minimum Gasteiger partial charge on any atom is -0.450 e. The van der Waals surface area contributed by atoms with Crippen LogP contribution in [-0.4, -0.2) is 254 Å². The van der Waals surface area contributed by atoms with Crippen LogP contribution in [0.3, 0.4) is 0 Å². The molecule has 3 heterocycles. The van der Waals surface area contributed by atoms with Crippen LogP contribution in [0.15, 0.2) is 0 Å². The molecule has 3 aliphatic rings. The van der Waals surface area contributed by atoms with Crippen LogP contribution in [-0.2, 0) is 57.0 Å². The number of nitrogens with one attached hydrogen (secondary N) is 6. The molecule has 554 valence electrons. The van der Waals surface area contributed by atoms with Gasteiger partial charge in [0.1, 0.15) is 36.6 Å². The van der Waals surface area contributed by atoms with E-state index in [4.69, 9.17) is 42.6 Å². The van der Waals surface area contributed by atoms with E-state index in [-0.39, 0.29) is 82.0 Å². The first-order valence-corrected chi connectivity index (χ1v) is 34.9. The van der Waals surface area contributed by atoms with Crippen molar-refractivity contribution in [3.05, 3.63) is 0 Å². The van der Waals surface area contributed by atoms with Gasteiger partial charge in [0.05, 0.1) is 77.8 Å². The van der Waals surface area contributed by atoms with Gasteiger partial charge in [0, 0.05) is 76.3 Å². The maximum absolute atomic E-state index is 12.6. The molecule has 15 N–H and O–H groups in total. The summed E-state index contributed by atoms with van der Waals surface area (Å²) in [6, 6.07) is 0. The lowest BCUT2D eigenvalue weighted by atomic mass is 9.77. The molecule has 3 rings (SSSR count). The molecule has 15 unspecified atom stereocenters. The molecule has 3 saturated heterocycles. The van der Waals surface area contributed by atoms with Gasteiger partial charge in [0.2, 0.25) is 17.7 Å². The van der Waals surface area contributed by atoms with E-state index in [2.05, 4.69) is 38.8 Å². The molecule has 3 aliphatic heterocycles. The number of ether oxygens (including phenoxy) is 9. The number of amides is 6. The Morgan fingerprint density at radius 2 is 0.579 bits per heavy atom. The second-order valence-electron chi connectivity index (χ2n) is 25.7. The highest BCUT2D eigenvalue weighted by molar-refractivity contribution is 5.76. The van der Waals surface area contributed by atoms with Crippen molar-refractivity contribution in [2.24, 2.45) is 23.2 Å². The molecule has 0 aromatic carbocycles. The van der Waals surface area contributed by atoms with Crippen molar-refractivity contribution >= 4 is 36.0 Å². The number of unbranched alkanes of at least 4 members (excludes halogenated alkanes) is 9. The van der Waals surface area contributed by atoms with Crippen LogP contribution in [0.1, 0.15) is 182 Å². The minimum absolute atomic E-state index is 0.114. The Labute approximate surface area is 561 Å². The van der Waals surface area contributed by atoms with Crippen molar-refractivity contribution in [2.45, 2.75) is 256 Å². The normalized spacial score (nSPS) is 26.6. The van der Waals surface area contributed by atoms with E-state index in [0.29, 0.717) is 97.1 Å². The summed E-state index contributed by atoms with van der Waals surface area (Å²) >= 11 is 0. The van der Waals surface area contributed by atoms with Crippen molar-refractivity contribution in [1.29, 1.82) is 0 Å². The average Bonchev–Trinajstić information content (AvgIpc) is 0.851. The van der Waals surface area contributed by atoms with Gasteiger partial charge in [-0.15, -0.1) is 0 Å². The molecule has 0 aromatic rings. The van der Waals surface area contributed by atoms with E-state index in [1.807, 2.05) is 0 Å². The molecule has 0 saturated carbocycles. The molecule has 15 atom stereocenters. The zero-order valence-corrected chi connectivity index (χ0v) is 56.9. The van der Waals surface area contributed by atoms with E-state index in [0.717, 1.165) is 77.0 Å². The van der Waals surface area contributed by atoms with Gasteiger partial charge in [-0.05, 0) is 102 Å². The lowest BCUT2D eigenvalue weighted by Crippen LogP contribution is -2.55. The van der Waals surface area contributed by atoms with E-state index in [9.17, 15) is 74.7 Å². The third kappa shape index (κ3) is 35.3. The smallest absolute Gasteiger partial charge is 0.407 e. The molecule has 0 aliphatic carbocycles. The second-order valence-corrected chi connectivity index (χ2v) is 25.7. The Morgan fingerprint density at radius 3 is 0.821 bits per heavy atom. The molecule has 30 nitrogen and oxygen atoms in total. The lowest BCUT2D eigenvalue weighted by Gasteiger charge is -2.40. The Morgan fingerprint density at radius 1 is 0.337 bits per heavy atom. The van der Waals surface area contributed by atoms with Crippen molar-refractivity contribution < 1.29 is 117 Å². The quantitative estimate of drug-likeness (QED) is 0.0306. The van der Waals surface area contributed by atoms with E-state index in [1.165, 1.54) is 0 Å². The molecular formula is C65H120N6O24. The summed E-state index contributed by atoms with van der Waals surface area (Å²) in [6.07, 6.45) is 1.78. The summed E-state index contributed by atoms with van der Waals surface area (Å²) in [6.45, 7) is 9.87. The van der Waals surface area contributed by atoms with Gasteiger partial charge in [-0.2, -0.15) is 0 Å². The molecule has 30 heteroatoms. The van der Waals surface area contributed by atoms with E-state index in [1.54, 1.807) is 20.8 Å². The summed E-state index contributed by atoms with van der Waals surface area (Å²) in [5.41, 5.74) is -0.252. The van der Waals surface area contributed by atoms with Gasteiger partial charge in [-0.25, -0.2) is 14.4 Å². The third-order valence-electron chi connectivity index (χ3n) is 17.6. The van der Waals surface area contributed by atoms with Crippen molar-refractivity contribution in [1.82, 2.24) is 31.9 Å². The zero-order chi connectivity index (χ0) is 69.8. The second kappa shape index (κ2) is 50.0. The van der Waals surface area contributed by atoms with Gasteiger partial charge in [-0.3, -0.25) is 14.4 Å². The summed E-state index contributed by atoms with van der Waals surface area (Å²) in [4.78, 5) is 74.6. The van der Waals surface area contributed by atoms with Crippen LogP contribution in [0.25, 0.3) is 0 Å². The first-order chi connectivity index (χ1) is 45.6. The van der Waals surface area contributed by atoms with Crippen LogP contribution in [0.4, 0.5) is 14.4 Å². The fraction of sp³-hybridized carbons (Fsp3) is 0.908. The number of aliphatic hydroxyl groups is 9. The van der Waals surface area contributed by atoms with Crippen LogP contribution in [0.5, 0.6) is 0 Å². The van der Waals surface area contributed by atoms with E-state index < -0.39 is 130 Å². The largest absolute Gasteiger partial charge is 0.450 e. The van der Waals surface area contributed by atoms with Gasteiger partial charge in [0.25, 0.3) is 0 Å². The van der Waals surface area contributed by atoms with Crippen LogP contribution < -0.4 is 31.9 Å². The first-order valence-electron chi connectivity index (χ1n) is 34.9. The molecule has 3 fully saturated rings. The third-order valence-corrected chi connectivity index (χ3v) is 17.6. The number of hydrogen-bond donors (Lipinski definition) is 15. The Bertz CT molecular complexity index is 1870. The van der Waals surface area contributed by atoms with Gasteiger partial charge in [0.15, 0.2) is 18.9 Å². The van der Waals surface area contributed by atoms with E-state index >= 15 is 0 Å². The number of rotatable bonds is 51. The first kappa shape index (κ1) is 84.8. The summed E-state index contributed by atoms with van der Waals surface area (Å²) in [5.74, 6) is -1.86. The molecular weight excluding hydrogens is 1250 g/mol. The Hall–Kier alpha value is -4.38. The van der Waals surface area contributed by atoms with Crippen molar-refractivity contribution in [3.8, 4) is 0 Å². The summed E-state index contributed by atoms with van der Waals surface area (Å²) in [7, 11) is 0. The maximum Gasteiger partial charge on any atom is 0.407 e. The fourth-order valence-corrected chi connectivity index (χ4v) is 11.4. The predicted molar refractivity (Wildman–Crippen MR) is 345 cm³/mol. The summed E-state index contributed by atoms with van der Waals surface area (Å²) in [5, 5.41) is 106. The lowest BCUT2D eigenvalue weighted by molar-refractivity contribution is -0.282. The Kier molecular flexibility index (Phi) is 44.7. The van der Waals surface area contributed by atoms with Gasteiger partial charge < -0.3 is 120 Å². The number of carbonyl (C=O) groups excluding carboxylic acids is 6. The van der Waals surface area contributed by atoms with Crippen LogP contribution >= 0.6 is 0 Å². The van der Waals surface area contributed by atoms with Crippen LogP contribution in [0, 0.1) is 23.2 Å². The molecule has 6 amide bonds. The number of hydrogen-bond acceptors (Lipinski definition) is 24. The topological polar surface area (TPSA) is 440 Å². The number of carbonyl (C=O) groups is 6.